The summed E-state index contributed by atoms with van der Waals surface area (Å²) in [4.78, 5) is 21.1. The van der Waals surface area contributed by atoms with Crippen LogP contribution in [0.1, 0.15) is 37.6 Å². The summed E-state index contributed by atoms with van der Waals surface area (Å²) in [6.07, 6.45) is -5.97. The number of carbonyl (C=O) groups is 2. The summed E-state index contributed by atoms with van der Waals surface area (Å²) in [6.45, 7) is -3.95. The molecule has 0 aromatic rings. The van der Waals surface area contributed by atoms with E-state index < -0.39 is 69.3 Å². The van der Waals surface area contributed by atoms with Gasteiger partial charge in [-0.2, -0.15) is 0 Å². The summed E-state index contributed by atoms with van der Waals surface area (Å²) in [5.41, 5.74) is 0. The minimum Gasteiger partial charge on any atom is -0.748 e. The van der Waals surface area contributed by atoms with Crippen LogP contribution in [0.5, 0.6) is 0 Å². The smallest absolute Gasteiger partial charge is 0.748 e. The maximum atomic E-state index is 10.5. The number of hydrogen-bond donors (Lipinski definition) is 2. The summed E-state index contributed by atoms with van der Waals surface area (Å²) >= 11 is 0. The van der Waals surface area contributed by atoms with Crippen LogP contribution >= 0.6 is 0 Å². The van der Waals surface area contributed by atoms with Crippen molar-refractivity contribution in [3.8, 4) is 0 Å². The standard InChI is InChI=1S/2C5H11NO4S.Ca/c2*1-5(7)6-3-2-4-11(8,9)10;/h2*2-4H2,1H3,(H,6,7)(H,8,9,10);/q;;+2/p-2/i2*2D2,3D2;. The van der Waals surface area contributed by atoms with Crippen LogP contribution in [0, 0.1) is 0 Å². The molecule has 0 aromatic carbocycles. The molecule has 0 radical (unpaired) electrons. The van der Waals surface area contributed by atoms with Gasteiger partial charge < -0.3 is 19.7 Å². The maximum absolute atomic E-state index is 10.5. The molecule has 0 saturated heterocycles. The molecule has 0 rings (SSSR count). The average molecular weight is 409 g/mol. The first-order chi connectivity index (χ1) is 12.7. The predicted octanol–water partition coefficient (Wildman–Crippen LogP) is -2.27. The van der Waals surface area contributed by atoms with Gasteiger partial charge in [-0.1, -0.05) is 0 Å². The zero-order valence-electron chi connectivity index (χ0n) is 20.2. The van der Waals surface area contributed by atoms with Crippen molar-refractivity contribution in [1.29, 1.82) is 0 Å². The Morgan fingerprint density at radius 3 is 1.30 bits per heavy atom. The zero-order chi connectivity index (χ0) is 25.0. The van der Waals surface area contributed by atoms with Crippen molar-refractivity contribution in [2.24, 2.45) is 0 Å². The first-order valence-electron chi connectivity index (χ1n) is 9.19. The summed E-state index contributed by atoms with van der Waals surface area (Å²) in [7, 11) is -9.83. The van der Waals surface area contributed by atoms with Gasteiger partial charge in [0.25, 0.3) is 0 Å². The van der Waals surface area contributed by atoms with E-state index in [-0.39, 0.29) is 37.7 Å². The van der Waals surface area contributed by atoms with Crippen molar-refractivity contribution in [3.63, 3.8) is 0 Å². The molecule has 2 amide bonds. The van der Waals surface area contributed by atoms with Gasteiger partial charge in [-0.05, 0) is 12.7 Å². The SMILES string of the molecule is [2H]C([2H])(CS(=O)(=O)[O-])C([2H])([2H])NC(C)=O.[2H]C([2H])(CS(=O)(=O)[O-])C([2H])([2H])NC(C)=O.[Ca+2]. The van der Waals surface area contributed by atoms with E-state index >= 15 is 0 Å². The zero-order valence-corrected chi connectivity index (χ0v) is 16.0. The summed E-state index contributed by atoms with van der Waals surface area (Å²) < 4.78 is 119. The Bertz CT molecular complexity index is 780. The maximum Gasteiger partial charge on any atom is 2.00 e. The molecule has 0 atom stereocenters. The van der Waals surface area contributed by atoms with Gasteiger partial charge in [0.15, 0.2) is 0 Å². The van der Waals surface area contributed by atoms with Crippen LogP contribution in [0.15, 0.2) is 0 Å². The van der Waals surface area contributed by atoms with Crippen molar-refractivity contribution < 1.29 is 46.5 Å². The molecular formula is C10H20CaN2O8S2. The molecule has 0 heterocycles. The van der Waals surface area contributed by atoms with Gasteiger partial charge in [0.05, 0.1) is 20.2 Å². The van der Waals surface area contributed by atoms with Crippen LogP contribution in [0.25, 0.3) is 0 Å². The van der Waals surface area contributed by atoms with E-state index in [1.165, 1.54) is 0 Å². The Kier molecular flexibility index (Phi) is 8.88. The van der Waals surface area contributed by atoms with Crippen LogP contribution in [-0.2, 0) is 29.8 Å². The fourth-order valence-electron chi connectivity index (χ4n) is 0.513. The summed E-state index contributed by atoms with van der Waals surface area (Å²) in [6, 6.07) is 0. The monoisotopic (exact) mass is 408 g/mol. The third kappa shape index (κ3) is 34.4. The average Bonchev–Trinajstić information content (AvgIpc) is 2.29. The Morgan fingerprint density at radius 1 is 0.870 bits per heavy atom. The second-order valence-corrected chi connectivity index (χ2v) is 6.18. The summed E-state index contributed by atoms with van der Waals surface area (Å²) in [5.74, 6) is -4.83. The van der Waals surface area contributed by atoms with Gasteiger partial charge >= 0.3 is 37.7 Å². The Hall–Kier alpha value is 0.0197. The molecule has 0 unspecified atom stereocenters. The molecular weight excluding hydrogens is 380 g/mol. The molecule has 23 heavy (non-hydrogen) atoms. The van der Waals surface area contributed by atoms with Crippen LogP contribution in [0.3, 0.4) is 0 Å². The number of carbonyl (C=O) groups excluding carboxylic acids is 2. The number of nitrogens with one attached hydrogen (secondary N) is 2. The van der Waals surface area contributed by atoms with E-state index in [1.54, 1.807) is 10.6 Å². The third-order valence-corrected chi connectivity index (χ3v) is 2.15. The number of hydrogen-bond acceptors (Lipinski definition) is 8. The van der Waals surface area contributed by atoms with Crippen LogP contribution in [-0.4, -0.2) is 100.0 Å². The Balaban J connectivity index is -0.000000490. The molecule has 10 nitrogen and oxygen atoms in total. The van der Waals surface area contributed by atoms with Crippen molar-refractivity contribution in [3.05, 3.63) is 0 Å². The van der Waals surface area contributed by atoms with Crippen LogP contribution < -0.4 is 10.6 Å². The quantitative estimate of drug-likeness (QED) is 0.334. The van der Waals surface area contributed by atoms with Gasteiger partial charge in [0.2, 0.25) is 11.8 Å². The van der Waals surface area contributed by atoms with E-state index in [2.05, 4.69) is 0 Å². The first-order valence-corrected chi connectivity index (χ1v) is 8.35. The van der Waals surface area contributed by atoms with E-state index in [9.17, 15) is 35.5 Å². The summed E-state index contributed by atoms with van der Waals surface area (Å²) in [5, 5.41) is 3.20. The Morgan fingerprint density at radius 2 is 1.13 bits per heavy atom. The van der Waals surface area contributed by atoms with Crippen LogP contribution in [0.2, 0.25) is 0 Å². The fourth-order valence-corrected chi connectivity index (χ4v) is 1.01. The normalized spacial score (nSPS) is 18.3. The number of amides is 2. The Labute approximate surface area is 177 Å². The van der Waals surface area contributed by atoms with E-state index in [1.807, 2.05) is 0 Å². The molecule has 0 aromatic heterocycles. The van der Waals surface area contributed by atoms with Gasteiger partial charge in [0.1, 0.15) is 0 Å². The van der Waals surface area contributed by atoms with Crippen molar-refractivity contribution in [2.45, 2.75) is 26.6 Å². The molecule has 0 aliphatic carbocycles. The molecule has 0 fully saturated rings. The topological polar surface area (TPSA) is 173 Å². The molecule has 0 aliphatic rings. The van der Waals surface area contributed by atoms with E-state index in [0.717, 1.165) is 13.8 Å². The van der Waals surface area contributed by atoms with Gasteiger partial charge in [-0.3, -0.25) is 9.59 Å². The second kappa shape index (κ2) is 14.4. The van der Waals surface area contributed by atoms with Gasteiger partial charge in [0, 0.05) is 49.3 Å². The van der Waals surface area contributed by atoms with Gasteiger partial charge in [-0.25, -0.2) is 16.8 Å². The molecule has 0 aliphatic heterocycles. The minimum absolute atomic E-state index is 0. The predicted molar refractivity (Wildman–Crippen MR) is 81.5 cm³/mol. The van der Waals surface area contributed by atoms with Crippen LogP contribution in [0.4, 0.5) is 0 Å². The fraction of sp³-hybridized carbons (Fsp3) is 0.800. The number of rotatable bonds is 8. The molecule has 0 bridgehead atoms. The largest absolute Gasteiger partial charge is 2.00 e. The molecule has 13 heteroatoms. The molecule has 2 N–H and O–H groups in total. The third-order valence-electron chi connectivity index (χ3n) is 1.15. The van der Waals surface area contributed by atoms with E-state index in [4.69, 9.17) is 11.0 Å². The molecule has 132 valence electrons. The minimum atomic E-state index is -4.92. The van der Waals surface area contributed by atoms with Gasteiger partial charge in [-0.15, -0.1) is 0 Å². The molecule has 0 spiro atoms. The van der Waals surface area contributed by atoms with Crippen molar-refractivity contribution >= 4 is 69.8 Å². The van der Waals surface area contributed by atoms with Crippen molar-refractivity contribution in [2.75, 3.05) is 24.5 Å². The molecule has 0 saturated carbocycles. The second-order valence-electron chi connectivity index (χ2n) is 3.37. The van der Waals surface area contributed by atoms with Crippen molar-refractivity contribution in [1.82, 2.24) is 10.6 Å². The first kappa shape index (κ1) is 14.2. The van der Waals surface area contributed by atoms with E-state index in [0.29, 0.717) is 0 Å².